The van der Waals surface area contributed by atoms with Crippen molar-refractivity contribution in [1.82, 2.24) is 9.78 Å². The number of hydrogen-bond donors (Lipinski definition) is 1. The zero-order valence-corrected chi connectivity index (χ0v) is 11.5. The van der Waals surface area contributed by atoms with Crippen LogP contribution in [0.2, 0.25) is 0 Å². The number of anilines is 2. The van der Waals surface area contributed by atoms with Crippen molar-refractivity contribution < 1.29 is 4.39 Å². The highest BCUT2D eigenvalue weighted by molar-refractivity contribution is 5.42. The van der Waals surface area contributed by atoms with Crippen LogP contribution in [-0.4, -0.2) is 30.4 Å². The van der Waals surface area contributed by atoms with E-state index < -0.39 is 0 Å². The van der Waals surface area contributed by atoms with Gasteiger partial charge in [0.25, 0.3) is 5.56 Å². The first kappa shape index (κ1) is 14.0. The van der Waals surface area contributed by atoms with Crippen LogP contribution >= 0.6 is 0 Å². The number of nitrogens with one attached hydrogen (secondary N) is 1. The molecule has 0 aliphatic heterocycles. The molecule has 0 aliphatic carbocycles. The Morgan fingerprint density at radius 2 is 2.00 bits per heavy atom. The van der Waals surface area contributed by atoms with Gasteiger partial charge in [0.15, 0.2) is 0 Å². The van der Waals surface area contributed by atoms with Gasteiger partial charge >= 0.3 is 0 Å². The molecule has 6 heteroatoms. The summed E-state index contributed by atoms with van der Waals surface area (Å²) in [5, 5.41) is 7.22. The van der Waals surface area contributed by atoms with E-state index in [1.54, 1.807) is 24.4 Å². The molecule has 2 aromatic rings. The lowest BCUT2D eigenvalue weighted by Gasteiger charge is -2.12. The molecule has 0 saturated heterocycles. The third-order valence-corrected chi connectivity index (χ3v) is 2.87. The fourth-order valence-electron chi connectivity index (χ4n) is 1.71. The van der Waals surface area contributed by atoms with Gasteiger partial charge in [-0.1, -0.05) is 0 Å². The largest absolute Gasteiger partial charge is 0.383 e. The minimum Gasteiger partial charge on any atom is -0.383 e. The van der Waals surface area contributed by atoms with Crippen LogP contribution in [0, 0.1) is 5.82 Å². The maximum atomic E-state index is 12.7. The van der Waals surface area contributed by atoms with E-state index in [-0.39, 0.29) is 11.4 Å². The molecule has 2 rings (SSSR count). The van der Waals surface area contributed by atoms with Crippen molar-refractivity contribution in [3.8, 4) is 0 Å². The molecular formula is C14H17FN4O. The van der Waals surface area contributed by atoms with Gasteiger partial charge in [-0.3, -0.25) is 4.79 Å². The SMILES string of the molecule is CN(C)c1cnn(CCNc2ccc(F)cc2)c(=O)c1. The van der Waals surface area contributed by atoms with E-state index in [0.717, 1.165) is 11.4 Å². The van der Waals surface area contributed by atoms with Crippen LogP contribution in [0.1, 0.15) is 0 Å². The van der Waals surface area contributed by atoms with Gasteiger partial charge < -0.3 is 10.2 Å². The molecule has 0 radical (unpaired) electrons. The first-order valence-corrected chi connectivity index (χ1v) is 6.30. The van der Waals surface area contributed by atoms with E-state index in [1.807, 2.05) is 19.0 Å². The highest BCUT2D eigenvalue weighted by atomic mass is 19.1. The van der Waals surface area contributed by atoms with Gasteiger partial charge in [0.2, 0.25) is 0 Å². The summed E-state index contributed by atoms with van der Waals surface area (Å²) in [6.07, 6.45) is 1.65. The molecular weight excluding hydrogens is 259 g/mol. The molecule has 0 bridgehead atoms. The van der Waals surface area contributed by atoms with Gasteiger partial charge in [-0.15, -0.1) is 0 Å². The fourth-order valence-corrected chi connectivity index (χ4v) is 1.71. The van der Waals surface area contributed by atoms with Crippen molar-refractivity contribution in [3.05, 3.63) is 52.7 Å². The van der Waals surface area contributed by atoms with Gasteiger partial charge in [0.1, 0.15) is 5.82 Å². The number of halogens is 1. The lowest BCUT2D eigenvalue weighted by atomic mass is 10.3. The number of hydrogen-bond acceptors (Lipinski definition) is 4. The summed E-state index contributed by atoms with van der Waals surface area (Å²) in [4.78, 5) is 13.7. The predicted octanol–water partition coefficient (Wildman–Crippen LogP) is 1.56. The van der Waals surface area contributed by atoms with Crippen LogP contribution in [0.4, 0.5) is 15.8 Å². The molecule has 20 heavy (non-hydrogen) atoms. The minimum absolute atomic E-state index is 0.142. The number of aromatic nitrogens is 2. The summed E-state index contributed by atoms with van der Waals surface area (Å²) >= 11 is 0. The zero-order valence-electron chi connectivity index (χ0n) is 11.5. The second kappa shape index (κ2) is 6.18. The van der Waals surface area contributed by atoms with Gasteiger partial charge in [0, 0.05) is 32.4 Å². The van der Waals surface area contributed by atoms with Crippen LogP contribution in [0.25, 0.3) is 0 Å². The molecule has 1 heterocycles. The summed E-state index contributed by atoms with van der Waals surface area (Å²) < 4.78 is 14.1. The van der Waals surface area contributed by atoms with Crippen molar-refractivity contribution in [2.45, 2.75) is 6.54 Å². The Morgan fingerprint density at radius 1 is 1.30 bits per heavy atom. The summed E-state index contributed by atoms with van der Waals surface area (Å²) in [5.41, 5.74) is 1.44. The topological polar surface area (TPSA) is 50.2 Å². The molecule has 0 amide bonds. The quantitative estimate of drug-likeness (QED) is 0.900. The molecule has 5 nitrogen and oxygen atoms in total. The van der Waals surface area contributed by atoms with Crippen LogP contribution in [-0.2, 0) is 6.54 Å². The van der Waals surface area contributed by atoms with Gasteiger partial charge in [0.05, 0.1) is 18.4 Å². The Kier molecular flexibility index (Phi) is 4.34. The summed E-state index contributed by atoms with van der Waals surface area (Å²) in [6, 6.07) is 7.63. The Morgan fingerprint density at radius 3 is 2.60 bits per heavy atom. The first-order valence-electron chi connectivity index (χ1n) is 6.30. The molecule has 106 valence electrons. The van der Waals surface area contributed by atoms with Crippen LogP contribution in [0.15, 0.2) is 41.3 Å². The number of benzene rings is 1. The lowest BCUT2D eigenvalue weighted by molar-refractivity contribution is 0.597. The van der Waals surface area contributed by atoms with Crippen molar-refractivity contribution in [1.29, 1.82) is 0 Å². The molecule has 1 aromatic heterocycles. The molecule has 0 saturated carbocycles. The van der Waals surface area contributed by atoms with E-state index in [4.69, 9.17) is 0 Å². The fraction of sp³-hybridized carbons (Fsp3) is 0.286. The van der Waals surface area contributed by atoms with E-state index in [9.17, 15) is 9.18 Å². The summed E-state index contributed by atoms with van der Waals surface area (Å²) in [5.74, 6) is -0.271. The lowest BCUT2D eigenvalue weighted by Crippen LogP contribution is -2.26. The van der Waals surface area contributed by atoms with E-state index >= 15 is 0 Å². The van der Waals surface area contributed by atoms with Crippen molar-refractivity contribution in [3.63, 3.8) is 0 Å². The van der Waals surface area contributed by atoms with Crippen molar-refractivity contribution in [2.24, 2.45) is 0 Å². The smallest absolute Gasteiger partial charge is 0.268 e. The van der Waals surface area contributed by atoms with E-state index in [1.165, 1.54) is 16.8 Å². The third kappa shape index (κ3) is 3.57. The highest BCUT2D eigenvalue weighted by Gasteiger charge is 2.01. The van der Waals surface area contributed by atoms with Gasteiger partial charge in [-0.2, -0.15) is 5.10 Å². The Bertz CT molecular complexity index is 622. The maximum absolute atomic E-state index is 12.7. The van der Waals surface area contributed by atoms with Crippen LogP contribution < -0.4 is 15.8 Å². The zero-order chi connectivity index (χ0) is 14.5. The Balaban J connectivity index is 1.94. The molecule has 0 spiro atoms. The van der Waals surface area contributed by atoms with E-state index in [0.29, 0.717) is 13.1 Å². The highest BCUT2D eigenvalue weighted by Crippen LogP contribution is 2.07. The van der Waals surface area contributed by atoms with Gasteiger partial charge in [-0.25, -0.2) is 9.07 Å². The number of nitrogens with zero attached hydrogens (tertiary/aromatic N) is 3. The standard InChI is InChI=1S/C14H17FN4O/c1-18(2)13-9-14(20)19(17-10-13)8-7-16-12-5-3-11(15)4-6-12/h3-6,9-10,16H,7-8H2,1-2H3. The maximum Gasteiger partial charge on any atom is 0.268 e. The average molecular weight is 276 g/mol. The number of rotatable bonds is 5. The van der Waals surface area contributed by atoms with Gasteiger partial charge in [-0.05, 0) is 24.3 Å². The third-order valence-electron chi connectivity index (χ3n) is 2.87. The predicted molar refractivity (Wildman–Crippen MR) is 77.7 cm³/mol. The van der Waals surface area contributed by atoms with Crippen LogP contribution in [0.3, 0.4) is 0 Å². The normalized spacial score (nSPS) is 10.3. The first-order chi connectivity index (χ1) is 9.56. The molecule has 1 aromatic carbocycles. The minimum atomic E-state index is -0.271. The van der Waals surface area contributed by atoms with E-state index in [2.05, 4.69) is 10.4 Å². The van der Waals surface area contributed by atoms with Crippen molar-refractivity contribution >= 4 is 11.4 Å². The summed E-state index contributed by atoms with van der Waals surface area (Å²) in [6.45, 7) is 0.990. The van der Waals surface area contributed by atoms with Crippen LogP contribution in [0.5, 0.6) is 0 Å². The molecule has 0 unspecified atom stereocenters. The molecule has 0 fully saturated rings. The molecule has 0 aliphatic rings. The Hall–Kier alpha value is -2.37. The Labute approximate surface area is 116 Å². The summed E-state index contributed by atoms with van der Waals surface area (Å²) in [7, 11) is 3.72. The molecule has 0 atom stereocenters. The van der Waals surface area contributed by atoms with Crippen molar-refractivity contribution in [2.75, 3.05) is 30.9 Å². The second-order valence-electron chi connectivity index (χ2n) is 4.60. The monoisotopic (exact) mass is 276 g/mol. The average Bonchev–Trinajstić information content (AvgIpc) is 2.42. The second-order valence-corrected chi connectivity index (χ2v) is 4.60. The molecule has 1 N–H and O–H groups in total.